The fourth-order valence-corrected chi connectivity index (χ4v) is 3.27. The Morgan fingerprint density at radius 2 is 1.94 bits per heavy atom. The molecule has 1 aromatic rings. The third-order valence-electron chi connectivity index (χ3n) is 4.04. The van der Waals surface area contributed by atoms with E-state index in [1.165, 1.54) is 19.3 Å². The lowest BCUT2D eigenvalue weighted by atomic mass is 9.90. The van der Waals surface area contributed by atoms with E-state index >= 15 is 0 Å². The second-order valence-electron chi connectivity index (χ2n) is 5.61. The summed E-state index contributed by atoms with van der Waals surface area (Å²) in [7, 11) is 1.87. The Kier molecular flexibility index (Phi) is 4.14. The van der Waals surface area contributed by atoms with Gasteiger partial charge in [0.1, 0.15) is 6.10 Å². The summed E-state index contributed by atoms with van der Waals surface area (Å²) in [4.78, 5) is 2.39. The molecule has 0 saturated carbocycles. The maximum atomic E-state index is 10.7. The molecule has 0 aliphatic carbocycles. The lowest BCUT2D eigenvalue weighted by molar-refractivity contribution is -0.0250. The first kappa shape index (κ1) is 14.0. The third-order valence-corrected chi connectivity index (χ3v) is 4.65. The molecule has 2 heterocycles. The van der Waals surface area contributed by atoms with Crippen molar-refractivity contribution in [3.8, 4) is 0 Å². The van der Waals surface area contributed by atoms with Gasteiger partial charge < -0.3 is 5.11 Å². The Bertz CT molecular complexity index is 391. The third kappa shape index (κ3) is 2.49. The molecule has 0 radical (unpaired) electrons. The van der Waals surface area contributed by atoms with Crippen LogP contribution in [0, 0.1) is 0 Å². The van der Waals surface area contributed by atoms with Crippen molar-refractivity contribution in [2.75, 3.05) is 13.1 Å². The van der Waals surface area contributed by atoms with Crippen LogP contribution in [0.15, 0.2) is 10.7 Å². The highest BCUT2D eigenvalue weighted by Crippen LogP contribution is 2.35. The number of aliphatic hydroxyl groups is 1. The summed E-state index contributed by atoms with van der Waals surface area (Å²) in [5.41, 5.74) is 0.585. The van der Waals surface area contributed by atoms with Gasteiger partial charge in [-0.3, -0.25) is 9.58 Å². The quantitative estimate of drug-likeness (QED) is 0.931. The van der Waals surface area contributed by atoms with E-state index in [1.807, 2.05) is 7.05 Å². The van der Waals surface area contributed by atoms with Crippen molar-refractivity contribution in [1.29, 1.82) is 0 Å². The number of aliphatic hydroxyl groups excluding tert-OH is 1. The largest absolute Gasteiger partial charge is 0.385 e. The van der Waals surface area contributed by atoms with Crippen LogP contribution in [-0.4, -0.2) is 38.4 Å². The minimum atomic E-state index is -0.544. The second kappa shape index (κ2) is 5.31. The molecule has 0 spiro atoms. The van der Waals surface area contributed by atoms with Crippen molar-refractivity contribution in [1.82, 2.24) is 14.7 Å². The van der Waals surface area contributed by atoms with Crippen LogP contribution in [0.1, 0.15) is 44.9 Å². The van der Waals surface area contributed by atoms with Crippen LogP contribution in [0.5, 0.6) is 0 Å². The Hall–Kier alpha value is -0.390. The van der Waals surface area contributed by atoms with Crippen molar-refractivity contribution in [2.45, 2.75) is 44.8 Å². The van der Waals surface area contributed by atoms with Crippen LogP contribution in [-0.2, 0) is 7.05 Å². The number of rotatable bonds is 3. The fourth-order valence-electron chi connectivity index (χ4n) is 2.71. The highest BCUT2D eigenvalue weighted by Gasteiger charge is 2.38. The van der Waals surface area contributed by atoms with Gasteiger partial charge in [-0.2, -0.15) is 5.10 Å². The van der Waals surface area contributed by atoms with Crippen molar-refractivity contribution in [3.05, 3.63) is 16.4 Å². The fraction of sp³-hybridized carbons (Fsp3) is 0.769. The molecule has 0 aromatic carbocycles. The van der Waals surface area contributed by atoms with E-state index in [0.717, 1.165) is 23.3 Å². The highest BCUT2D eigenvalue weighted by atomic mass is 79.9. The Balaban J connectivity index is 2.23. The molecule has 1 fully saturated rings. The van der Waals surface area contributed by atoms with Crippen molar-refractivity contribution in [3.63, 3.8) is 0 Å². The van der Waals surface area contributed by atoms with E-state index < -0.39 is 6.10 Å². The summed E-state index contributed by atoms with van der Waals surface area (Å²) in [6.07, 6.45) is 4.95. The summed E-state index contributed by atoms with van der Waals surface area (Å²) < 4.78 is 2.63. The molecule has 1 atom stereocenters. The topological polar surface area (TPSA) is 41.3 Å². The van der Waals surface area contributed by atoms with E-state index in [2.05, 4.69) is 39.8 Å². The van der Waals surface area contributed by atoms with E-state index in [0.29, 0.717) is 0 Å². The number of hydrogen-bond donors (Lipinski definition) is 1. The van der Waals surface area contributed by atoms with Crippen molar-refractivity contribution >= 4 is 15.9 Å². The van der Waals surface area contributed by atoms with Gasteiger partial charge in [-0.05, 0) is 55.7 Å². The summed E-state index contributed by atoms with van der Waals surface area (Å²) in [5.74, 6) is 0. The highest BCUT2D eigenvalue weighted by molar-refractivity contribution is 9.10. The zero-order valence-corrected chi connectivity index (χ0v) is 12.9. The molecule has 18 heavy (non-hydrogen) atoms. The first-order valence-corrected chi connectivity index (χ1v) is 7.34. The summed E-state index contributed by atoms with van der Waals surface area (Å²) >= 11 is 3.47. The van der Waals surface area contributed by atoms with Crippen molar-refractivity contribution < 1.29 is 5.11 Å². The minimum absolute atomic E-state index is 0.267. The molecule has 1 N–H and O–H groups in total. The Labute approximate surface area is 117 Å². The van der Waals surface area contributed by atoms with Gasteiger partial charge in [-0.25, -0.2) is 0 Å². The van der Waals surface area contributed by atoms with Gasteiger partial charge in [-0.15, -0.1) is 0 Å². The SMILES string of the molecule is Cn1ncc(Br)c1C(O)C(C)(C)N1CCCCC1. The first-order valence-electron chi connectivity index (χ1n) is 6.55. The van der Waals surface area contributed by atoms with Crippen LogP contribution in [0.3, 0.4) is 0 Å². The van der Waals surface area contributed by atoms with Gasteiger partial charge in [0, 0.05) is 12.6 Å². The van der Waals surface area contributed by atoms with Gasteiger partial charge in [0.05, 0.1) is 16.4 Å². The van der Waals surface area contributed by atoms with Crippen LogP contribution in [0.2, 0.25) is 0 Å². The molecule has 1 saturated heterocycles. The van der Waals surface area contributed by atoms with Crippen LogP contribution in [0.4, 0.5) is 0 Å². The molecule has 1 aliphatic rings. The molecule has 0 amide bonds. The number of aryl methyl sites for hydroxylation is 1. The smallest absolute Gasteiger partial charge is 0.114 e. The van der Waals surface area contributed by atoms with Crippen LogP contribution in [0.25, 0.3) is 0 Å². The van der Waals surface area contributed by atoms with Gasteiger partial charge in [0.2, 0.25) is 0 Å². The van der Waals surface area contributed by atoms with Crippen molar-refractivity contribution in [2.24, 2.45) is 7.05 Å². The number of halogens is 1. The number of aromatic nitrogens is 2. The van der Waals surface area contributed by atoms with Gasteiger partial charge in [0.15, 0.2) is 0 Å². The zero-order valence-electron chi connectivity index (χ0n) is 11.4. The monoisotopic (exact) mass is 315 g/mol. The van der Waals surface area contributed by atoms with E-state index in [1.54, 1.807) is 10.9 Å². The number of nitrogens with zero attached hydrogens (tertiary/aromatic N) is 3. The molecule has 4 nitrogen and oxygen atoms in total. The number of hydrogen-bond acceptors (Lipinski definition) is 3. The minimum Gasteiger partial charge on any atom is -0.385 e. The van der Waals surface area contributed by atoms with Gasteiger partial charge in [0.25, 0.3) is 0 Å². The molecule has 2 rings (SSSR count). The predicted octanol–water partition coefficient (Wildman–Crippen LogP) is 2.48. The predicted molar refractivity (Wildman–Crippen MR) is 75.4 cm³/mol. The molecule has 1 aliphatic heterocycles. The van der Waals surface area contributed by atoms with Gasteiger partial charge in [-0.1, -0.05) is 6.42 Å². The molecule has 1 unspecified atom stereocenters. The molecule has 1 aromatic heterocycles. The number of likely N-dealkylation sites (tertiary alicyclic amines) is 1. The molecule has 5 heteroatoms. The normalized spacial score (nSPS) is 20.1. The summed E-state index contributed by atoms with van der Waals surface area (Å²) in [6, 6.07) is 0. The first-order chi connectivity index (χ1) is 8.44. The average molecular weight is 316 g/mol. The molecular formula is C13H22BrN3O. The lowest BCUT2D eigenvalue weighted by Crippen LogP contribution is -2.51. The molecule has 0 bridgehead atoms. The zero-order chi connectivity index (χ0) is 13.3. The molecular weight excluding hydrogens is 294 g/mol. The number of piperidine rings is 1. The van der Waals surface area contributed by atoms with Gasteiger partial charge >= 0.3 is 0 Å². The van der Waals surface area contributed by atoms with Crippen LogP contribution >= 0.6 is 15.9 Å². The maximum Gasteiger partial charge on any atom is 0.114 e. The average Bonchev–Trinajstić information content (AvgIpc) is 2.69. The van der Waals surface area contributed by atoms with E-state index in [-0.39, 0.29) is 5.54 Å². The summed E-state index contributed by atoms with van der Waals surface area (Å²) in [5, 5.41) is 14.9. The summed E-state index contributed by atoms with van der Waals surface area (Å²) in [6.45, 7) is 6.36. The molecule has 102 valence electrons. The Morgan fingerprint density at radius 3 is 2.44 bits per heavy atom. The van der Waals surface area contributed by atoms with E-state index in [4.69, 9.17) is 0 Å². The lowest BCUT2D eigenvalue weighted by Gasteiger charge is -2.44. The van der Waals surface area contributed by atoms with E-state index in [9.17, 15) is 5.11 Å². The van der Waals surface area contributed by atoms with Crippen LogP contribution < -0.4 is 0 Å². The Morgan fingerprint density at radius 1 is 1.33 bits per heavy atom. The standard InChI is InChI=1S/C13H22BrN3O/c1-13(2,17-7-5-4-6-8-17)12(18)11-10(14)9-15-16(11)3/h9,12,18H,4-8H2,1-3H3. The second-order valence-corrected chi connectivity index (χ2v) is 6.46. The maximum absolute atomic E-state index is 10.7.